The Labute approximate surface area is 142 Å². The number of nitrogens with one attached hydrogen (secondary N) is 1. The quantitative estimate of drug-likeness (QED) is 0.759. The summed E-state index contributed by atoms with van der Waals surface area (Å²) in [6.07, 6.45) is -1.43. The highest BCUT2D eigenvalue weighted by atomic mass is 16.7. The maximum atomic E-state index is 12.3. The molecule has 0 bridgehead atoms. The van der Waals surface area contributed by atoms with E-state index in [1.165, 1.54) is 14.2 Å². The molecular weight excluding hydrogens is 314 g/mol. The highest BCUT2D eigenvalue weighted by molar-refractivity contribution is 5.86. The number of hydrogen-bond donors (Lipinski definition) is 1. The van der Waals surface area contributed by atoms with Gasteiger partial charge in [0.15, 0.2) is 17.9 Å². The number of methoxy groups -OCH3 is 3. The Morgan fingerprint density at radius 1 is 1.17 bits per heavy atom. The Morgan fingerprint density at radius 2 is 1.79 bits per heavy atom. The summed E-state index contributed by atoms with van der Waals surface area (Å²) in [7, 11) is 4.64. The van der Waals surface area contributed by atoms with Crippen molar-refractivity contribution in [2.45, 2.75) is 38.1 Å². The number of carbonyl (C=O) groups excluding carboxylic acids is 1. The summed E-state index contributed by atoms with van der Waals surface area (Å²) >= 11 is 0. The van der Waals surface area contributed by atoms with Gasteiger partial charge in [-0.25, -0.2) is 0 Å². The normalized spacial score (nSPS) is 21.6. The minimum atomic E-state index is -0.857. The van der Waals surface area contributed by atoms with Crippen LogP contribution < -0.4 is 10.1 Å². The summed E-state index contributed by atoms with van der Waals surface area (Å²) in [6.45, 7) is 3.52. The topological polar surface area (TPSA) is 75.2 Å². The van der Waals surface area contributed by atoms with E-state index < -0.39 is 24.2 Å². The van der Waals surface area contributed by atoms with Crippen LogP contribution >= 0.6 is 0 Å². The second-order valence-electron chi connectivity index (χ2n) is 5.93. The first-order valence-electron chi connectivity index (χ1n) is 7.71. The average Bonchev–Trinajstić information content (AvgIpc) is 2.58. The Kier molecular flexibility index (Phi) is 6.17. The molecule has 0 radical (unpaired) electrons. The van der Waals surface area contributed by atoms with E-state index in [9.17, 15) is 4.79 Å². The van der Waals surface area contributed by atoms with Gasteiger partial charge in [0.25, 0.3) is 0 Å². The van der Waals surface area contributed by atoms with Gasteiger partial charge in [0.2, 0.25) is 0 Å². The Bertz CT molecular complexity index is 541. The summed E-state index contributed by atoms with van der Waals surface area (Å²) in [4.78, 5) is 12.3. The molecule has 1 saturated heterocycles. The van der Waals surface area contributed by atoms with Gasteiger partial charge in [-0.15, -0.1) is 0 Å². The molecule has 1 aliphatic heterocycles. The molecule has 7 heteroatoms. The van der Waals surface area contributed by atoms with E-state index in [1.807, 2.05) is 24.3 Å². The first-order chi connectivity index (χ1) is 11.4. The van der Waals surface area contributed by atoms with Gasteiger partial charge < -0.3 is 29.0 Å². The molecule has 134 valence electrons. The van der Waals surface area contributed by atoms with Crippen molar-refractivity contribution in [3.63, 3.8) is 0 Å². The van der Waals surface area contributed by atoms with Crippen molar-refractivity contribution in [1.82, 2.24) is 0 Å². The Morgan fingerprint density at radius 3 is 2.33 bits per heavy atom. The molecule has 0 aromatic heterocycles. The van der Waals surface area contributed by atoms with Crippen LogP contribution in [-0.4, -0.2) is 57.9 Å². The van der Waals surface area contributed by atoms with Gasteiger partial charge in [0.05, 0.1) is 7.11 Å². The summed E-state index contributed by atoms with van der Waals surface area (Å²) < 4.78 is 27.1. The molecule has 0 saturated carbocycles. The zero-order valence-corrected chi connectivity index (χ0v) is 14.7. The van der Waals surface area contributed by atoms with Crippen molar-refractivity contribution >= 4 is 11.5 Å². The third kappa shape index (κ3) is 4.45. The van der Waals surface area contributed by atoms with Crippen LogP contribution in [0.15, 0.2) is 24.3 Å². The van der Waals surface area contributed by atoms with Crippen LogP contribution in [-0.2, 0) is 23.7 Å². The number of ketones is 1. The van der Waals surface area contributed by atoms with Gasteiger partial charge in [-0.2, -0.15) is 0 Å². The average molecular weight is 339 g/mol. The van der Waals surface area contributed by atoms with Crippen LogP contribution in [0, 0.1) is 0 Å². The van der Waals surface area contributed by atoms with E-state index in [4.69, 9.17) is 23.7 Å². The smallest absolute Gasteiger partial charge is 0.189 e. The fraction of sp³-hybridized carbons (Fsp3) is 0.588. The maximum absolute atomic E-state index is 12.3. The van der Waals surface area contributed by atoms with Crippen LogP contribution in [0.4, 0.5) is 5.69 Å². The monoisotopic (exact) mass is 339 g/mol. The van der Waals surface area contributed by atoms with Gasteiger partial charge in [-0.1, -0.05) is 0 Å². The SMILES string of the molecule is COc1ccc(N[C@H](C(OC)OC)[C@@H]2OC(C)(C)OCC2=O)cc1. The number of anilines is 1. The summed E-state index contributed by atoms with van der Waals surface area (Å²) in [5.41, 5.74) is 0.792. The number of rotatable bonds is 7. The summed E-state index contributed by atoms with van der Waals surface area (Å²) in [5, 5.41) is 3.26. The van der Waals surface area contributed by atoms with Crippen LogP contribution in [0.2, 0.25) is 0 Å². The highest BCUT2D eigenvalue weighted by Crippen LogP contribution is 2.26. The second-order valence-corrected chi connectivity index (χ2v) is 5.93. The molecule has 1 N–H and O–H groups in total. The van der Waals surface area contributed by atoms with Gasteiger partial charge in [-0.3, -0.25) is 4.79 Å². The molecule has 2 rings (SSSR count). The van der Waals surface area contributed by atoms with E-state index in [-0.39, 0.29) is 12.4 Å². The number of hydrogen-bond acceptors (Lipinski definition) is 7. The zero-order chi connectivity index (χ0) is 17.7. The minimum Gasteiger partial charge on any atom is -0.497 e. The van der Waals surface area contributed by atoms with Gasteiger partial charge in [-0.05, 0) is 38.1 Å². The molecule has 1 fully saturated rings. The number of benzene rings is 1. The highest BCUT2D eigenvalue weighted by Gasteiger charge is 2.43. The molecule has 0 aliphatic carbocycles. The maximum Gasteiger partial charge on any atom is 0.189 e. The molecule has 0 spiro atoms. The van der Waals surface area contributed by atoms with Crippen molar-refractivity contribution < 1.29 is 28.5 Å². The second kappa shape index (κ2) is 7.94. The third-order valence-corrected chi connectivity index (χ3v) is 3.80. The fourth-order valence-electron chi connectivity index (χ4n) is 2.56. The fourth-order valence-corrected chi connectivity index (χ4v) is 2.56. The molecule has 1 aromatic carbocycles. The van der Waals surface area contributed by atoms with E-state index >= 15 is 0 Å². The van der Waals surface area contributed by atoms with Crippen LogP contribution in [0.1, 0.15) is 13.8 Å². The van der Waals surface area contributed by atoms with Crippen molar-refractivity contribution in [2.24, 2.45) is 0 Å². The van der Waals surface area contributed by atoms with E-state index in [0.717, 1.165) is 11.4 Å². The zero-order valence-electron chi connectivity index (χ0n) is 14.7. The lowest BCUT2D eigenvalue weighted by atomic mass is 10.0. The molecule has 0 unspecified atom stereocenters. The largest absolute Gasteiger partial charge is 0.497 e. The lowest BCUT2D eigenvalue weighted by Gasteiger charge is -2.40. The number of ether oxygens (including phenoxy) is 5. The molecule has 1 heterocycles. The molecular formula is C17H25NO6. The minimum absolute atomic E-state index is 0.0153. The molecule has 24 heavy (non-hydrogen) atoms. The number of Topliss-reactive ketones (excluding diaryl/α,β-unsaturated/α-hetero) is 1. The van der Waals surface area contributed by atoms with Gasteiger partial charge >= 0.3 is 0 Å². The third-order valence-electron chi connectivity index (χ3n) is 3.80. The summed E-state index contributed by atoms with van der Waals surface area (Å²) in [5.74, 6) is -0.282. The molecule has 1 aliphatic rings. The molecule has 1 aromatic rings. The Balaban J connectivity index is 2.24. The first kappa shape index (κ1) is 18.7. The van der Waals surface area contributed by atoms with E-state index in [1.54, 1.807) is 21.0 Å². The van der Waals surface area contributed by atoms with E-state index in [0.29, 0.717) is 0 Å². The van der Waals surface area contributed by atoms with Gasteiger partial charge in [0, 0.05) is 19.9 Å². The lowest BCUT2D eigenvalue weighted by Crippen LogP contribution is -2.57. The predicted octanol–water partition coefficient (Wildman–Crippen LogP) is 1.82. The standard InChI is InChI=1S/C17H25NO6/c1-17(2)23-10-13(19)15(24-17)14(16(21-4)22-5)18-11-6-8-12(20-3)9-7-11/h6-9,14-16,18H,10H2,1-5H3/t14-,15+/m0/s1. The van der Waals surface area contributed by atoms with Crippen molar-refractivity contribution in [3.8, 4) is 5.75 Å². The molecule has 0 amide bonds. The summed E-state index contributed by atoms with van der Waals surface area (Å²) in [6, 6.07) is 6.81. The van der Waals surface area contributed by atoms with Gasteiger partial charge in [0.1, 0.15) is 24.5 Å². The van der Waals surface area contributed by atoms with Crippen LogP contribution in [0.3, 0.4) is 0 Å². The number of carbonyl (C=O) groups is 1. The molecule has 2 atom stereocenters. The van der Waals surface area contributed by atoms with Crippen LogP contribution in [0.25, 0.3) is 0 Å². The molecule has 7 nitrogen and oxygen atoms in total. The van der Waals surface area contributed by atoms with Crippen molar-refractivity contribution in [1.29, 1.82) is 0 Å². The predicted molar refractivity (Wildman–Crippen MR) is 88.1 cm³/mol. The first-order valence-corrected chi connectivity index (χ1v) is 7.71. The lowest BCUT2D eigenvalue weighted by molar-refractivity contribution is -0.269. The van der Waals surface area contributed by atoms with Crippen molar-refractivity contribution in [3.05, 3.63) is 24.3 Å². The Hall–Kier alpha value is -1.67. The van der Waals surface area contributed by atoms with E-state index in [2.05, 4.69) is 5.32 Å². The van der Waals surface area contributed by atoms with Crippen LogP contribution in [0.5, 0.6) is 5.75 Å². The van der Waals surface area contributed by atoms with Crippen molar-refractivity contribution in [2.75, 3.05) is 33.3 Å².